The molecule has 0 N–H and O–H groups in total. The molecule has 0 bridgehead atoms. The Balaban J connectivity index is 1.99. The minimum atomic E-state index is -3.48. The number of rotatable bonds is 6. The molecule has 0 amide bonds. The lowest BCUT2D eigenvalue weighted by molar-refractivity contribution is 0.0387. The largest absolute Gasteiger partial charge is 0.487 e. The molecule has 0 aliphatic carbocycles. The molecular formula is C13H19O5P. The Hall–Kier alpha value is -0.870. The highest BCUT2D eigenvalue weighted by atomic mass is 31.2. The van der Waals surface area contributed by atoms with Crippen LogP contribution in [0.3, 0.4) is 0 Å². The second-order valence-electron chi connectivity index (χ2n) is 4.33. The quantitative estimate of drug-likeness (QED) is 0.752. The molecule has 1 aliphatic heterocycles. The summed E-state index contributed by atoms with van der Waals surface area (Å²) in [5.41, 5.74) is 1.13. The molecule has 1 heterocycles. The lowest BCUT2D eigenvalue weighted by atomic mass is 10.1. The van der Waals surface area contributed by atoms with E-state index in [1.165, 1.54) is 7.11 Å². The van der Waals surface area contributed by atoms with Gasteiger partial charge in [0, 0.05) is 13.5 Å². The van der Waals surface area contributed by atoms with E-state index in [0.717, 1.165) is 17.7 Å². The summed E-state index contributed by atoms with van der Waals surface area (Å²) in [7, 11) is -2.17. The van der Waals surface area contributed by atoms with E-state index in [1.54, 1.807) is 13.8 Å². The molecule has 0 radical (unpaired) electrons. The normalized spacial score (nSPS) is 22.4. The molecule has 106 valence electrons. The maximum atomic E-state index is 12.1. The average molecular weight is 286 g/mol. The highest BCUT2D eigenvalue weighted by molar-refractivity contribution is 7.48. The van der Waals surface area contributed by atoms with Gasteiger partial charge in [-0.3, -0.25) is 13.6 Å². The van der Waals surface area contributed by atoms with Crippen molar-refractivity contribution in [2.45, 2.75) is 32.5 Å². The number of hydrogen-bond acceptors (Lipinski definition) is 5. The summed E-state index contributed by atoms with van der Waals surface area (Å²) in [5, 5.41) is 0. The number of para-hydroxylation sites is 1. The molecule has 0 saturated heterocycles. The second kappa shape index (κ2) is 6.06. The highest BCUT2D eigenvalue weighted by Crippen LogP contribution is 2.50. The summed E-state index contributed by atoms with van der Waals surface area (Å²) in [5.74, 6) is 0.853. The van der Waals surface area contributed by atoms with Crippen LogP contribution in [0.5, 0.6) is 5.75 Å². The third kappa shape index (κ3) is 3.37. The Morgan fingerprint density at radius 1 is 1.47 bits per heavy atom. The zero-order valence-corrected chi connectivity index (χ0v) is 12.3. The second-order valence-corrected chi connectivity index (χ2v) is 6.05. The van der Waals surface area contributed by atoms with Crippen molar-refractivity contribution >= 4 is 7.82 Å². The summed E-state index contributed by atoms with van der Waals surface area (Å²) in [6.45, 7) is 3.81. The molecule has 6 heteroatoms. The molecule has 1 aliphatic rings. The zero-order valence-electron chi connectivity index (χ0n) is 11.4. The zero-order chi connectivity index (χ0) is 13.9. The first kappa shape index (κ1) is 14.5. The minimum Gasteiger partial charge on any atom is -0.487 e. The number of ether oxygens (including phenoxy) is 1. The van der Waals surface area contributed by atoms with Gasteiger partial charge in [-0.05, 0) is 25.5 Å². The lowest BCUT2D eigenvalue weighted by Gasteiger charge is -2.23. The highest BCUT2D eigenvalue weighted by Gasteiger charge is 2.35. The molecule has 0 aromatic heterocycles. The maximum Gasteiger partial charge on any atom is 0.474 e. The van der Waals surface area contributed by atoms with Crippen LogP contribution in [0.15, 0.2) is 24.3 Å². The summed E-state index contributed by atoms with van der Waals surface area (Å²) in [4.78, 5) is 0. The van der Waals surface area contributed by atoms with Crippen molar-refractivity contribution in [1.82, 2.24) is 0 Å². The van der Waals surface area contributed by atoms with E-state index >= 15 is 0 Å². The first-order valence-corrected chi connectivity index (χ1v) is 7.77. The van der Waals surface area contributed by atoms with Gasteiger partial charge >= 0.3 is 7.82 Å². The fourth-order valence-corrected chi connectivity index (χ4v) is 3.14. The van der Waals surface area contributed by atoms with E-state index < -0.39 is 7.82 Å². The Morgan fingerprint density at radius 2 is 2.21 bits per heavy atom. The van der Waals surface area contributed by atoms with E-state index in [9.17, 15) is 4.57 Å². The number of benzene rings is 1. The minimum absolute atomic E-state index is 0.179. The first-order valence-electron chi connectivity index (χ1n) is 6.31. The molecule has 1 aromatic rings. The Morgan fingerprint density at radius 3 is 2.84 bits per heavy atom. The van der Waals surface area contributed by atoms with Crippen LogP contribution < -0.4 is 4.74 Å². The molecule has 1 aromatic carbocycles. The lowest BCUT2D eigenvalue weighted by Crippen LogP contribution is -2.29. The van der Waals surface area contributed by atoms with Gasteiger partial charge in [-0.1, -0.05) is 18.2 Å². The van der Waals surface area contributed by atoms with Crippen LogP contribution >= 0.6 is 7.82 Å². The molecule has 0 fully saturated rings. The van der Waals surface area contributed by atoms with Crippen LogP contribution in [0.2, 0.25) is 0 Å². The van der Waals surface area contributed by atoms with Gasteiger partial charge < -0.3 is 4.74 Å². The van der Waals surface area contributed by atoms with E-state index in [2.05, 4.69) is 0 Å². The average Bonchev–Trinajstić information content (AvgIpc) is 2.83. The number of fused-ring (bicyclic) bond motifs is 1. The first-order chi connectivity index (χ1) is 9.08. The van der Waals surface area contributed by atoms with Gasteiger partial charge in [0.05, 0.1) is 6.61 Å². The fourth-order valence-electron chi connectivity index (χ4n) is 2.03. The van der Waals surface area contributed by atoms with Crippen molar-refractivity contribution in [2.24, 2.45) is 0 Å². The topological polar surface area (TPSA) is 54.0 Å². The molecule has 0 spiro atoms. The molecule has 3 unspecified atom stereocenters. The van der Waals surface area contributed by atoms with Crippen LogP contribution in [-0.2, 0) is 24.6 Å². The van der Waals surface area contributed by atoms with Crippen molar-refractivity contribution in [3.63, 3.8) is 0 Å². The van der Waals surface area contributed by atoms with Gasteiger partial charge in [-0.2, -0.15) is 0 Å². The van der Waals surface area contributed by atoms with Crippen molar-refractivity contribution < 1.29 is 22.9 Å². The van der Waals surface area contributed by atoms with Gasteiger partial charge in [-0.15, -0.1) is 0 Å². The number of phosphoric acid groups is 1. The van der Waals surface area contributed by atoms with Gasteiger partial charge in [-0.25, -0.2) is 4.57 Å². The molecule has 3 atom stereocenters. The van der Waals surface area contributed by atoms with Gasteiger partial charge in [0.15, 0.2) is 0 Å². The number of phosphoric ester groups is 1. The monoisotopic (exact) mass is 286 g/mol. The van der Waals surface area contributed by atoms with Gasteiger partial charge in [0.1, 0.15) is 18.0 Å². The number of hydrogen-bond donors (Lipinski definition) is 0. The van der Waals surface area contributed by atoms with Gasteiger partial charge in [0.2, 0.25) is 0 Å². The van der Waals surface area contributed by atoms with Crippen LogP contribution in [-0.4, -0.2) is 25.9 Å². The smallest absolute Gasteiger partial charge is 0.474 e. The molecule has 0 saturated carbocycles. The Bertz CT molecular complexity index is 451. The van der Waals surface area contributed by atoms with Crippen LogP contribution in [0.25, 0.3) is 0 Å². The van der Waals surface area contributed by atoms with E-state index in [0.29, 0.717) is 0 Å². The predicted molar refractivity (Wildman–Crippen MR) is 71.4 cm³/mol. The maximum absolute atomic E-state index is 12.1. The third-order valence-electron chi connectivity index (χ3n) is 3.00. The summed E-state index contributed by atoms with van der Waals surface area (Å²) in [6.07, 6.45) is 0.166. The van der Waals surface area contributed by atoms with E-state index in [-0.39, 0.29) is 18.8 Å². The predicted octanol–water partition coefficient (Wildman–Crippen LogP) is 3.19. The summed E-state index contributed by atoms with van der Waals surface area (Å²) in [6, 6.07) is 7.82. The fraction of sp³-hybridized carbons (Fsp3) is 0.538. The van der Waals surface area contributed by atoms with E-state index in [1.807, 2.05) is 24.3 Å². The van der Waals surface area contributed by atoms with Crippen molar-refractivity contribution in [1.29, 1.82) is 0 Å². The summed E-state index contributed by atoms with van der Waals surface area (Å²) >= 11 is 0. The van der Waals surface area contributed by atoms with Gasteiger partial charge in [0.25, 0.3) is 0 Å². The molecule has 2 rings (SSSR count). The Kier molecular flexibility index (Phi) is 4.63. The molecule has 19 heavy (non-hydrogen) atoms. The molecular weight excluding hydrogens is 267 g/mol. The SMILES string of the molecule is CCOP(=O)(OC)OC(C)C1Cc2ccccc2O1. The molecule has 5 nitrogen and oxygen atoms in total. The Labute approximate surface area is 113 Å². The van der Waals surface area contributed by atoms with Crippen molar-refractivity contribution in [3.05, 3.63) is 29.8 Å². The van der Waals surface area contributed by atoms with Crippen LogP contribution in [0.1, 0.15) is 19.4 Å². The van der Waals surface area contributed by atoms with Crippen molar-refractivity contribution in [2.75, 3.05) is 13.7 Å². The van der Waals surface area contributed by atoms with E-state index in [4.69, 9.17) is 18.3 Å². The summed E-state index contributed by atoms with van der Waals surface area (Å²) < 4.78 is 33.2. The standard InChI is InChI=1S/C13H19O5P/c1-4-16-19(14,15-3)18-10(2)13-9-11-7-5-6-8-12(11)17-13/h5-8,10,13H,4,9H2,1-3H3. The van der Waals surface area contributed by atoms with Crippen molar-refractivity contribution in [3.8, 4) is 5.75 Å². The third-order valence-corrected chi connectivity index (χ3v) is 4.61. The van der Waals surface area contributed by atoms with Crippen LogP contribution in [0, 0.1) is 0 Å². The van der Waals surface area contributed by atoms with Crippen LogP contribution in [0.4, 0.5) is 0 Å².